The first kappa shape index (κ1) is 22.7. The largest absolute Gasteiger partial charge is 0.490 e. The van der Waals surface area contributed by atoms with Gasteiger partial charge in [0.05, 0.1) is 29.2 Å². The molecule has 0 spiro atoms. The highest BCUT2D eigenvalue weighted by Crippen LogP contribution is 2.44. The Bertz CT molecular complexity index is 1370. The Hall–Kier alpha value is -4.11. The van der Waals surface area contributed by atoms with Crippen LogP contribution in [0.25, 0.3) is 16.9 Å². The van der Waals surface area contributed by atoms with Crippen molar-refractivity contribution in [3.63, 3.8) is 0 Å². The van der Waals surface area contributed by atoms with Crippen molar-refractivity contribution < 1.29 is 14.5 Å². The molecule has 2 heterocycles. The minimum absolute atomic E-state index is 0.0444. The Morgan fingerprint density at radius 2 is 1.80 bits per heavy atom. The zero-order valence-corrected chi connectivity index (χ0v) is 19.7. The van der Waals surface area contributed by atoms with Crippen molar-refractivity contribution in [1.82, 2.24) is 14.7 Å². The van der Waals surface area contributed by atoms with E-state index in [0.717, 1.165) is 16.8 Å². The molecular weight excluding hydrogens is 464 g/mol. The number of hydrogen-bond acceptors (Lipinski definition) is 6. The minimum Gasteiger partial charge on any atom is -0.490 e. The normalized spacial score (nSPS) is 15.4. The number of nitro benzene ring substituents is 1. The maximum atomic E-state index is 12.9. The number of carbonyl (C=O) groups excluding carboxylic acids is 1. The minimum atomic E-state index is -0.467. The molecule has 0 bridgehead atoms. The van der Waals surface area contributed by atoms with Crippen LogP contribution in [0.15, 0.2) is 85.1 Å². The van der Waals surface area contributed by atoms with E-state index in [4.69, 9.17) is 9.84 Å². The molecule has 0 saturated carbocycles. The smallest absolute Gasteiger partial charge is 0.311 e. The van der Waals surface area contributed by atoms with Gasteiger partial charge in [0.25, 0.3) is 0 Å². The topological polar surface area (TPSA) is 90.5 Å². The standard InChI is InChI=1S/C26H22N4O4S/c1-34-23-13-12-19(14-22(23)30(32)33)25-21(16-29(27-25)20-10-6-3-7-11-20)26-28(24(31)17-35-26)15-18-8-4-2-5-9-18/h2-14,16,26H,15,17H2,1H3/t26-/m1/s1. The number of ether oxygens (including phenoxy) is 1. The van der Waals surface area contributed by atoms with Gasteiger partial charge in [-0.05, 0) is 29.8 Å². The molecule has 1 aromatic heterocycles. The Morgan fingerprint density at radius 1 is 1.09 bits per heavy atom. The second kappa shape index (κ2) is 9.63. The molecule has 1 amide bonds. The lowest BCUT2D eigenvalue weighted by atomic mass is 10.1. The van der Waals surface area contributed by atoms with Crippen LogP contribution in [0.3, 0.4) is 0 Å². The van der Waals surface area contributed by atoms with Crippen LogP contribution in [0.1, 0.15) is 16.5 Å². The zero-order chi connectivity index (χ0) is 24.4. The third kappa shape index (κ3) is 4.50. The van der Waals surface area contributed by atoms with Crippen LogP contribution in [-0.2, 0) is 11.3 Å². The molecule has 9 heteroatoms. The third-order valence-electron chi connectivity index (χ3n) is 5.84. The monoisotopic (exact) mass is 486 g/mol. The number of thioether (sulfide) groups is 1. The van der Waals surface area contributed by atoms with Crippen LogP contribution >= 0.6 is 11.8 Å². The second-order valence-corrected chi connectivity index (χ2v) is 9.10. The number of carbonyl (C=O) groups is 1. The van der Waals surface area contributed by atoms with E-state index in [0.29, 0.717) is 23.6 Å². The molecule has 1 aliphatic heterocycles. The average molecular weight is 487 g/mol. The van der Waals surface area contributed by atoms with Crippen LogP contribution in [-0.4, -0.2) is 38.4 Å². The molecule has 3 aromatic carbocycles. The van der Waals surface area contributed by atoms with E-state index in [1.165, 1.54) is 24.9 Å². The van der Waals surface area contributed by atoms with Crippen LogP contribution < -0.4 is 4.74 Å². The summed E-state index contributed by atoms with van der Waals surface area (Å²) < 4.78 is 6.93. The molecule has 4 aromatic rings. The summed E-state index contributed by atoms with van der Waals surface area (Å²) in [4.78, 5) is 25.9. The summed E-state index contributed by atoms with van der Waals surface area (Å²) in [6.45, 7) is 0.468. The molecule has 1 saturated heterocycles. The van der Waals surface area contributed by atoms with Gasteiger partial charge in [0.15, 0.2) is 5.75 Å². The van der Waals surface area contributed by atoms with Gasteiger partial charge in [0.2, 0.25) is 5.91 Å². The predicted molar refractivity (Wildman–Crippen MR) is 134 cm³/mol. The van der Waals surface area contributed by atoms with Gasteiger partial charge in [-0.2, -0.15) is 5.10 Å². The number of amides is 1. The van der Waals surface area contributed by atoms with Crippen molar-refractivity contribution in [2.24, 2.45) is 0 Å². The maximum absolute atomic E-state index is 12.9. The summed E-state index contributed by atoms with van der Waals surface area (Å²) in [7, 11) is 1.40. The molecule has 0 aliphatic carbocycles. The van der Waals surface area contributed by atoms with Crippen LogP contribution in [0, 0.1) is 10.1 Å². The van der Waals surface area contributed by atoms with E-state index in [-0.39, 0.29) is 22.7 Å². The predicted octanol–water partition coefficient (Wildman–Crippen LogP) is 5.23. The average Bonchev–Trinajstić information content (AvgIpc) is 3.48. The number of rotatable bonds is 7. The highest BCUT2D eigenvalue weighted by atomic mass is 32.2. The number of aromatic nitrogens is 2. The summed E-state index contributed by atoms with van der Waals surface area (Å²) in [5, 5.41) is 16.2. The van der Waals surface area contributed by atoms with Crippen molar-refractivity contribution in [3.05, 3.63) is 106 Å². The molecule has 1 atom stereocenters. The van der Waals surface area contributed by atoms with E-state index < -0.39 is 4.92 Å². The zero-order valence-electron chi connectivity index (χ0n) is 18.9. The molecular formula is C26H22N4O4S. The van der Waals surface area contributed by atoms with Gasteiger partial charge in [0.1, 0.15) is 5.37 Å². The van der Waals surface area contributed by atoms with E-state index in [9.17, 15) is 14.9 Å². The van der Waals surface area contributed by atoms with E-state index in [1.54, 1.807) is 16.8 Å². The lowest BCUT2D eigenvalue weighted by molar-refractivity contribution is -0.385. The molecule has 176 valence electrons. The van der Waals surface area contributed by atoms with Crippen molar-refractivity contribution in [1.29, 1.82) is 0 Å². The van der Waals surface area contributed by atoms with Gasteiger partial charge in [-0.1, -0.05) is 48.5 Å². The number of para-hydroxylation sites is 1. The summed E-state index contributed by atoms with van der Waals surface area (Å²) in [5.41, 5.74) is 3.74. The van der Waals surface area contributed by atoms with Gasteiger partial charge >= 0.3 is 5.69 Å². The fourth-order valence-electron chi connectivity index (χ4n) is 4.15. The van der Waals surface area contributed by atoms with E-state index in [2.05, 4.69) is 0 Å². The number of nitrogens with zero attached hydrogens (tertiary/aromatic N) is 4. The van der Waals surface area contributed by atoms with E-state index in [1.807, 2.05) is 71.8 Å². The first-order valence-electron chi connectivity index (χ1n) is 11.0. The number of hydrogen-bond donors (Lipinski definition) is 0. The van der Waals surface area contributed by atoms with Crippen molar-refractivity contribution in [3.8, 4) is 22.7 Å². The number of methoxy groups -OCH3 is 1. The van der Waals surface area contributed by atoms with Gasteiger partial charge < -0.3 is 9.64 Å². The first-order valence-corrected chi connectivity index (χ1v) is 12.0. The maximum Gasteiger partial charge on any atom is 0.311 e. The van der Waals surface area contributed by atoms with Crippen molar-refractivity contribution >= 4 is 23.4 Å². The van der Waals surface area contributed by atoms with Gasteiger partial charge in [0, 0.05) is 29.9 Å². The molecule has 0 radical (unpaired) electrons. The van der Waals surface area contributed by atoms with Crippen LogP contribution in [0.5, 0.6) is 5.75 Å². The Labute approximate surface area is 206 Å². The molecule has 8 nitrogen and oxygen atoms in total. The van der Waals surface area contributed by atoms with Crippen molar-refractivity contribution in [2.75, 3.05) is 12.9 Å². The molecule has 1 fully saturated rings. The summed E-state index contributed by atoms with van der Waals surface area (Å²) in [6.07, 6.45) is 1.91. The lowest BCUT2D eigenvalue weighted by Crippen LogP contribution is -2.27. The quantitative estimate of drug-likeness (QED) is 0.262. The Morgan fingerprint density at radius 3 is 2.49 bits per heavy atom. The van der Waals surface area contributed by atoms with Gasteiger partial charge in [-0.15, -0.1) is 11.8 Å². The van der Waals surface area contributed by atoms with E-state index >= 15 is 0 Å². The van der Waals surface area contributed by atoms with Gasteiger partial charge in [-0.25, -0.2) is 4.68 Å². The summed E-state index contributed by atoms with van der Waals surface area (Å²) in [6, 6.07) is 24.3. The van der Waals surface area contributed by atoms with Crippen molar-refractivity contribution in [2.45, 2.75) is 11.9 Å². The second-order valence-electron chi connectivity index (χ2n) is 8.03. The summed E-state index contributed by atoms with van der Waals surface area (Å²) >= 11 is 1.53. The Balaban J connectivity index is 1.62. The SMILES string of the molecule is COc1ccc(-c2nn(-c3ccccc3)cc2[C@H]2SCC(=O)N2Cc2ccccc2)cc1[N+](=O)[O-]. The van der Waals surface area contributed by atoms with Crippen LogP contribution in [0.4, 0.5) is 5.69 Å². The molecule has 0 unspecified atom stereocenters. The molecule has 0 N–H and O–H groups in total. The molecule has 5 rings (SSSR count). The first-order chi connectivity index (χ1) is 17.0. The number of benzene rings is 3. The number of nitro groups is 1. The Kier molecular flexibility index (Phi) is 6.24. The highest BCUT2D eigenvalue weighted by Gasteiger charge is 2.36. The summed E-state index contributed by atoms with van der Waals surface area (Å²) in [5.74, 6) is 0.581. The fourth-order valence-corrected chi connectivity index (χ4v) is 5.34. The third-order valence-corrected chi connectivity index (χ3v) is 7.08. The van der Waals surface area contributed by atoms with Crippen LogP contribution in [0.2, 0.25) is 0 Å². The lowest BCUT2D eigenvalue weighted by Gasteiger charge is -2.24. The molecule has 1 aliphatic rings. The van der Waals surface area contributed by atoms with Gasteiger partial charge in [-0.3, -0.25) is 14.9 Å². The molecule has 35 heavy (non-hydrogen) atoms. The highest BCUT2D eigenvalue weighted by molar-refractivity contribution is 8.00. The fraction of sp³-hybridized carbons (Fsp3) is 0.154.